The van der Waals surface area contributed by atoms with E-state index in [1.54, 1.807) is 0 Å². The van der Waals surface area contributed by atoms with Crippen molar-refractivity contribution in [3.8, 4) is 5.75 Å². The number of ether oxygens (including phenoxy) is 2. The lowest BCUT2D eigenvalue weighted by atomic mass is 9.77. The normalized spacial score (nSPS) is 26.7. The zero-order valence-corrected chi connectivity index (χ0v) is 19.3. The molecule has 7 nitrogen and oxygen atoms in total. The van der Waals surface area contributed by atoms with Crippen LogP contribution < -0.4 is 10.1 Å². The Labute approximate surface area is 192 Å². The van der Waals surface area contributed by atoms with Crippen LogP contribution in [0, 0.1) is 22.3 Å². The summed E-state index contributed by atoms with van der Waals surface area (Å²) < 4.78 is 99.8. The van der Waals surface area contributed by atoms with Gasteiger partial charge in [0, 0.05) is 35.5 Å². The summed E-state index contributed by atoms with van der Waals surface area (Å²) in [6.45, 7) is 1.98. The first kappa shape index (κ1) is 25.8. The Balaban J connectivity index is 2.08. The molecule has 1 aliphatic rings. The van der Waals surface area contributed by atoms with Crippen molar-refractivity contribution in [2.45, 2.75) is 42.7 Å². The Bertz CT molecular complexity index is 1220. The van der Waals surface area contributed by atoms with Crippen LogP contribution >= 0.6 is 0 Å². The maximum Gasteiger partial charge on any atom is 0.417 e. The van der Waals surface area contributed by atoms with Crippen molar-refractivity contribution in [2.75, 3.05) is 18.7 Å². The number of amides is 1. The van der Waals surface area contributed by atoms with Crippen LogP contribution in [-0.2, 0) is 19.3 Å². The minimum Gasteiger partial charge on any atom is -0.493 e. The molecular formula is C21H22F5N3O4S. The van der Waals surface area contributed by atoms with E-state index in [0.29, 0.717) is 0 Å². The fourth-order valence-corrected chi connectivity index (χ4v) is 4.57. The number of halogens is 5. The lowest BCUT2D eigenvalue weighted by Crippen LogP contribution is -2.47. The fourth-order valence-electron chi connectivity index (χ4n) is 3.95. The van der Waals surface area contributed by atoms with Crippen molar-refractivity contribution in [1.82, 2.24) is 4.98 Å². The molecule has 0 bridgehead atoms. The van der Waals surface area contributed by atoms with Gasteiger partial charge in [-0.1, -0.05) is 13.0 Å². The zero-order chi connectivity index (χ0) is 25.6. The first-order valence-corrected chi connectivity index (χ1v) is 11.9. The number of rotatable bonds is 5. The van der Waals surface area contributed by atoms with Crippen molar-refractivity contribution in [2.24, 2.45) is 5.92 Å². The summed E-state index contributed by atoms with van der Waals surface area (Å²) in [5.41, 5.74) is -2.94. The van der Waals surface area contributed by atoms with Gasteiger partial charge in [-0.3, -0.25) is 4.79 Å². The van der Waals surface area contributed by atoms with E-state index in [9.17, 15) is 31.0 Å². The molecule has 34 heavy (non-hydrogen) atoms. The predicted molar refractivity (Wildman–Crippen MR) is 112 cm³/mol. The van der Waals surface area contributed by atoms with Gasteiger partial charge in [0.25, 0.3) is 5.91 Å². The third kappa shape index (κ3) is 4.45. The number of carbonyl (C=O) groups excluding carboxylic acids is 1. The Morgan fingerprint density at radius 2 is 1.94 bits per heavy atom. The molecule has 2 heterocycles. The van der Waals surface area contributed by atoms with Crippen molar-refractivity contribution in [3.05, 3.63) is 47.7 Å². The number of aromatic nitrogens is 1. The van der Waals surface area contributed by atoms with E-state index in [1.807, 2.05) is 0 Å². The number of benzene rings is 1. The molecule has 1 unspecified atom stereocenters. The number of methoxy groups -OCH3 is 1. The van der Waals surface area contributed by atoms with Crippen molar-refractivity contribution < 1.29 is 40.4 Å². The maximum absolute atomic E-state index is 14.4. The first-order valence-electron chi connectivity index (χ1n) is 9.89. The van der Waals surface area contributed by atoms with E-state index in [-0.39, 0.29) is 16.3 Å². The molecule has 186 valence electrons. The number of carbonyl (C=O) groups is 1. The Morgan fingerprint density at radius 1 is 1.29 bits per heavy atom. The standard InChI is InChI=1S/C21H22F5N3O4S/c1-10-15(12-5-6-13(22)16(23)17(12)32-3)18(33-20(10,2)21(24,25)26)19(30)29-11-7-8-28-14(9-11)34(4,27)31/h5-10,15,18,27H,1-4H3,(H,28,29,30)/t10-,15-,18+,20+,34?/m0/s1. The van der Waals surface area contributed by atoms with Crippen LogP contribution in [0.5, 0.6) is 5.75 Å². The second kappa shape index (κ2) is 8.77. The second-order valence-electron chi connectivity index (χ2n) is 8.16. The van der Waals surface area contributed by atoms with E-state index in [2.05, 4.69) is 10.3 Å². The van der Waals surface area contributed by atoms with Gasteiger partial charge < -0.3 is 14.8 Å². The number of nitrogens with zero attached hydrogens (tertiary/aromatic N) is 1. The van der Waals surface area contributed by atoms with Gasteiger partial charge in [-0.2, -0.15) is 17.6 Å². The summed E-state index contributed by atoms with van der Waals surface area (Å²) in [6, 6.07) is 4.24. The highest BCUT2D eigenvalue weighted by Crippen LogP contribution is 2.55. The lowest BCUT2D eigenvalue weighted by Gasteiger charge is -2.32. The van der Waals surface area contributed by atoms with Crippen LogP contribution in [0.2, 0.25) is 0 Å². The number of alkyl halides is 3. The highest BCUT2D eigenvalue weighted by molar-refractivity contribution is 7.91. The molecule has 1 aromatic carbocycles. The van der Waals surface area contributed by atoms with Gasteiger partial charge >= 0.3 is 6.18 Å². The van der Waals surface area contributed by atoms with Crippen molar-refractivity contribution >= 4 is 21.3 Å². The van der Waals surface area contributed by atoms with E-state index in [1.165, 1.54) is 19.2 Å². The van der Waals surface area contributed by atoms with Crippen LogP contribution in [0.3, 0.4) is 0 Å². The quantitative estimate of drug-likeness (QED) is 0.581. The van der Waals surface area contributed by atoms with Crippen molar-refractivity contribution in [3.63, 3.8) is 0 Å². The van der Waals surface area contributed by atoms with Gasteiger partial charge in [0.15, 0.2) is 17.2 Å². The summed E-state index contributed by atoms with van der Waals surface area (Å²) in [6.07, 6.45) is -4.38. The molecule has 2 N–H and O–H groups in total. The number of hydrogen-bond donors (Lipinski definition) is 2. The first-order chi connectivity index (χ1) is 15.6. The zero-order valence-electron chi connectivity index (χ0n) is 18.5. The molecule has 1 aliphatic heterocycles. The van der Waals surface area contributed by atoms with Gasteiger partial charge in [0.05, 0.1) is 16.8 Å². The summed E-state index contributed by atoms with van der Waals surface area (Å²) in [4.78, 5) is 16.9. The van der Waals surface area contributed by atoms with Crippen LogP contribution in [-0.4, -0.2) is 46.3 Å². The number of anilines is 1. The summed E-state index contributed by atoms with van der Waals surface area (Å²) in [5.74, 6) is -7.09. The van der Waals surface area contributed by atoms with Gasteiger partial charge in [-0.05, 0) is 25.1 Å². The Kier molecular flexibility index (Phi) is 6.66. The molecule has 1 aromatic heterocycles. The minimum absolute atomic E-state index is 0.0182. The van der Waals surface area contributed by atoms with E-state index < -0.39 is 62.7 Å². The molecule has 2 aromatic rings. The number of pyridine rings is 1. The van der Waals surface area contributed by atoms with Gasteiger partial charge in [0.1, 0.15) is 11.1 Å². The Morgan fingerprint density at radius 3 is 2.50 bits per heavy atom. The highest BCUT2D eigenvalue weighted by atomic mass is 32.2. The molecule has 1 amide bonds. The maximum atomic E-state index is 14.4. The average molecular weight is 507 g/mol. The largest absolute Gasteiger partial charge is 0.493 e. The molecule has 0 spiro atoms. The van der Waals surface area contributed by atoms with Crippen LogP contribution in [0.1, 0.15) is 25.3 Å². The molecule has 5 atom stereocenters. The SMILES string of the molecule is COc1c([C@H]2[C@H](C(=O)Nc3ccnc(S(C)(=N)=O)c3)O[C@@](C)(C(F)(F)F)[C@H]2C)ccc(F)c1F. The molecule has 0 radical (unpaired) electrons. The summed E-state index contributed by atoms with van der Waals surface area (Å²) in [7, 11) is -2.21. The van der Waals surface area contributed by atoms with Gasteiger partial charge in [-0.25, -0.2) is 18.4 Å². The molecule has 13 heteroatoms. The molecule has 1 fully saturated rings. The minimum atomic E-state index is -4.89. The third-order valence-electron chi connectivity index (χ3n) is 5.97. The van der Waals surface area contributed by atoms with Crippen LogP contribution in [0.15, 0.2) is 35.5 Å². The summed E-state index contributed by atoms with van der Waals surface area (Å²) >= 11 is 0. The lowest BCUT2D eigenvalue weighted by molar-refractivity contribution is -0.272. The van der Waals surface area contributed by atoms with E-state index in [4.69, 9.17) is 14.3 Å². The number of nitrogens with one attached hydrogen (secondary N) is 2. The smallest absolute Gasteiger partial charge is 0.417 e. The van der Waals surface area contributed by atoms with E-state index in [0.717, 1.165) is 38.5 Å². The molecule has 0 aliphatic carbocycles. The van der Waals surface area contributed by atoms with Crippen LogP contribution in [0.4, 0.5) is 27.6 Å². The van der Waals surface area contributed by atoms with Crippen LogP contribution in [0.25, 0.3) is 0 Å². The third-order valence-corrected chi connectivity index (χ3v) is 6.99. The molecule has 1 saturated heterocycles. The fraction of sp³-hybridized carbons (Fsp3) is 0.429. The monoisotopic (exact) mass is 507 g/mol. The number of hydrogen-bond acceptors (Lipinski definition) is 6. The molecule has 3 rings (SSSR count). The molecular weight excluding hydrogens is 485 g/mol. The summed E-state index contributed by atoms with van der Waals surface area (Å²) in [5, 5.41) is 2.23. The van der Waals surface area contributed by atoms with E-state index >= 15 is 0 Å². The predicted octanol–water partition coefficient (Wildman–Crippen LogP) is 4.48. The van der Waals surface area contributed by atoms with Gasteiger partial charge in [0.2, 0.25) is 5.82 Å². The topological polar surface area (TPSA) is 101 Å². The van der Waals surface area contributed by atoms with Gasteiger partial charge in [-0.15, -0.1) is 0 Å². The Hall–Kier alpha value is -2.80. The average Bonchev–Trinajstić information content (AvgIpc) is 3.01. The van der Waals surface area contributed by atoms with Crippen molar-refractivity contribution in [1.29, 1.82) is 4.78 Å². The molecule has 0 saturated carbocycles. The second-order valence-corrected chi connectivity index (χ2v) is 10.3. The highest BCUT2D eigenvalue weighted by Gasteiger charge is 2.65.